The van der Waals surface area contributed by atoms with E-state index in [-0.39, 0.29) is 12.6 Å². The van der Waals surface area contributed by atoms with Crippen molar-refractivity contribution in [1.29, 1.82) is 0 Å². The van der Waals surface area contributed by atoms with Gasteiger partial charge in [-0.2, -0.15) is 10.2 Å². The SMILES string of the molecule is O=C(NCCCn1cccn1)c1ccn(COc2ccc(-c3ccccc3)cc2)n1. The number of carbonyl (C=O) groups excluding carboxylic acids is 1. The Hall–Kier alpha value is -3.87. The molecular formula is C23H23N5O2. The molecule has 0 unspecified atom stereocenters. The zero-order chi connectivity index (χ0) is 20.6. The monoisotopic (exact) mass is 401 g/mol. The fourth-order valence-corrected chi connectivity index (χ4v) is 3.04. The molecule has 0 fully saturated rings. The molecule has 4 aromatic rings. The Bertz CT molecular complexity index is 1060. The molecule has 0 aliphatic carbocycles. The van der Waals surface area contributed by atoms with Crippen molar-refractivity contribution in [2.75, 3.05) is 6.54 Å². The van der Waals surface area contributed by atoms with Crippen molar-refractivity contribution < 1.29 is 9.53 Å². The number of hydrogen-bond acceptors (Lipinski definition) is 4. The topological polar surface area (TPSA) is 74.0 Å². The van der Waals surface area contributed by atoms with E-state index >= 15 is 0 Å². The number of hydrogen-bond donors (Lipinski definition) is 1. The van der Waals surface area contributed by atoms with Gasteiger partial charge in [-0.25, -0.2) is 4.68 Å². The summed E-state index contributed by atoms with van der Waals surface area (Å²) in [6.07, 6.45) is 6.18. The fourth-order valence-electron chi connectivity index (χ4n) is 3.04. The Morgan fingerprint density at radius 2 is 1.70 bits per heavy atom. The highest BCUT2D eigenvalue weighted by Crippen LogP contribution is 2.22. The Morgan fingerprint density at radius 3 is 2.47 bits per heavy atom. The average Bonchev–Trinajstić information content (AvgIpc) is 3.48. The van der Waals surface area contributed by atoms with E-state index in [9.17, 15) is 4.79 Å². The molecule has 7 nitrogen and oxygen atoms in total. The second-order valence-electron chi connectivity index (χ2n) is 6.78. The average molecular weight is 401 g/mol. The van der Waals surface area contributed by atoms with E-state index in [1.807, 2.05) is 59.4 Å². The third-order valence-corrected chi connectivity index (χ3v) is 4.61. The van der Waals surface area contributed by atoms with Gasteiger partial charge in [-0.3, -0.25) is 9.48 Å². The van der Waals surface area contributed by atoms with Gasteiger partial charge < -0.3 is 10.1 Å². The summed E-state index contributed by atoms with van der Waals surface area (Å²) in [4.78, 5) is 12.2. The van der Waals surface area contributed by atoms with E-state index in [0.29, 0.717) is 12.2 Å². The van der Waals surface area contributed by atoms with Gasteiger partial charge in [0.15, 0.2) is 6.73 Å². The lowest BCUT2D eigenvalue weighted by molar-refractivity contribution is 0.0945. The van der Waals surface area contributed by atoms with Crippen LogP contribution in [0.25, 0.3) is 11.1 Å². The molecule has 0 spiro atoms. The van der Waals surface area contributed by atoms with Gasteiger partial charge in [-0.15, -0.1) is 0 Å². The first-order chi connectivity index (χ1) is 14.8. The first-order valence-electron chi connectivity index (χ1n) is 9.85. The van der Waals surface area contributed by atoms with Gasteiger partial charge in [0, 0.05) is 31.7 Å². The van der Waals surface area contributed by atoms with Crippen molar-refractivity contribution >= 4 is 5.91 Å². The molecule has 0 saturated heterocycles. The number of aryl methyl sites for hydroxylation is 1. The van der Waals surface area contributed by atoms with Crippen LogP contribution in [0.1, 0.15) is 16.9 Å². The second kappa shape index (κ2) is 9.56. The molecule has 0 aliphatic heterocycles. The Kier molecular flexibility index (Phi) is 6.19. The van der Waals surface area contributed by atoms with E-state index in [1.165, 1.54) is 0 Å². The molecule has 2 aromatic carbocycles. The first kappa shape index (κ1) is 19.4. The number of aromatic nitrogens is 4. The standard InChI is InChI=1S/C23H23N5O2/c29-23(24-13-4-15-27-16-5-14-25-27)22-12-17-28(26-22)18-30-21-10-8-20(9-11-21)19-6-2-1-3-7-19/h1-3,5-12,14,16-17H,4,13,15,18H2,(H,24,29). The van der Waals surface area contributed by atoms with Crippen molar-refractivity contribution in [3.05, 3.63) is 91.0 Å². The minimum Gasteiger partial charge on any atom is -0.471 e. The largest absolute Gasteiger partial charge is 0.471 e. The molecule has 0 atom stereocenters. The summed E-state index contributed by atoms with van der Waals surface area (Å²) in [7, 11) is 0. The van der Waals surface area contributed by atoms with Crippen LogP contribution >= 0.6 is 0 Å². The molecule has 0 saturated carbocycles. The highest BCUT2D eigenvalue weighted by molar-refractivity contribution is 5.92. The summed E-state index contributed by atoms with van der Waals surface area (Å²) in [5, 5.41) is 11.3. The van der Waals surface area contributed by atoms with Gasteiger partial charge in [0.25, 0.3) is 5.91 Å². The van der Waals surface area contributed by atoms with E-state index in [1.54, 1.807) is 23.1 Å². The molecule has 0 aliphatic rings. The number of rotatable bonds is 9. The third kappa shape index (κ3) is 5.14. The maximum atomic E-state index is 12.2. The molecule has 1 amide bonds. The molecule has 1 N–H and O–H groups in total. The summed E-state index contributed by atoms with van der Waals surface area (Å²) < 4.78 is 9.21. The van der Waals surface area contributed by atoms with Gasteiger partial charge >= 0.3 is 0 Å². The minimum atomic E-state index is -0.193. The normalized spacial score (nSPS) is 10.7. The first-order valence-corrected chi connectivity index (χ1v) is 9.85. The van der Waals surface area contributed by atoms with Gasteiger partial charge in [-0.1, -0.05) is 42.5 Å². The lowest BCUT2D eigenvalue weighted by atomic mass is 10.1. The van der Waals surface area contributed by atoms with Crippen LogP contribution in [0.4, 0.5) is 0 Å². The summed E-state index contributed by atoms with van der Waals surface area (Å²) in [6.45, 7) is 1.56. The molecule has 4 rings (SSSR count). The number of benzene rings is 2. The molecule has 2 aromatic heterocycles. The van der Waals surface area contributed by atoms with Gasteiger partial charge in [0.05, 0.1) is 0 Å². The summed E-state index contributed by atoms with van der Waals surface area (Å²) in [5.74, 6) is 0.552. The van der Waals surface area contributed by atoms with E-state index in [0.717, 1.165) is 29.8 Å². The van der Waals surface area contributed by atoms with Crippen LogP contribution in [0.3, 0.4) is 0 Å². The number of nitrogens with one attached hydrogen (secondary N) is 1. The quantitative estimate of drug-likeness (QED) is 0.435. The lowest BCUT2D eigenvalue weighted by Crippen LogP contribution is -2.26. The number of nitrogens with zero attached hydrogens (tertiary/aromatic N) is 4. The second-order valence-corrected chi connectivity index (χ2v) is 6.78. The van der Waals surface area contributed by atoms with Crippen LogP contribution in [0.2, 0.25) is 0 Å². The summed E-state index contributed by atoms with van der Waals surface area (Å²) in [6, 6.07) is 21.7. The van der Waals surface area contributed by atoms with Crippen molar-refractivity contribution in [3.63, 3.8) is 0 Å². The maximum Gasteiger partial charge on any atom is 0.271 e. The summed E-state index contributed by atoms with van der Waals surface area (Å²) in [5.41, 5.74) is 2.67. The zero-order valence-electron chi connectivity index (χ0n) is 16.5. The smallest absolute Gasteiger partial charge is 0.271 e. The highest BCUT2D eigenvalue weighted by atomic mass is 16.5. The number of carbonyl (C=O) groups is 1. The van der Waals surface area contributed by atoms with Crippen LogP contribution in [0, 0.1) is 0 Å². The summed E-state index contributed by atoms with van der Waals surface area (Å²) >= 11 is 0. The Labute approximate surface area is 174 Å². The minimum absolute atomic E-state index is 0.193. The Morgan fingerprint density at radius 1 is 0.900 bits per heavy atom. The van der Waals surface area contributed by atoms with Crippen LogP contribution in [-0.2, 0) is 13.3 Å². The predicted octanol–water partition coefficient (Wildman–Crippen LogP) is 3.60. The number of ether oxygens (including phenoxy) is 1. The highest BCUT2D eigenvalue weighted by Gasteiger charge is 2.09. The Balaban J connectivity index is 1.23. The van der Waals surface area contributed by atoms with Crippen LogP contribution in [0.5, 0.6) is 5.75 Å². The van der Waals surface area contributed by atoms with Gasteiger partial charge in [0.2, 0.25) is 0 Å². The predicted molar refractivity (Wildman–Crippen MR) is 114 cm³/mol. The molecule has 2 heterocycles. The van der Waals surface area contributed by atoms with E-state index < -0.39 is 0 Å². The fraction of sp³-hybridized carbons (Fsp3) is 0.174. The maximum absolute atomic E-state index is 12.2. The lowest BCUT2D eigenvalue weighted by Gasteiger charge is -2.08. The van der Waals surface area contributed by atoms with E-state index in [2.05, 4.69) is 27.6 Å². The third-order valence-electron chi connectivity index (χ3n) is 4.61. The van der Waals surface area contributed by atoms with Crippen molar-refractivity contribution in [2.45, 2.75) is 19.7 Å². The molecule has 7 heteroatoms. The van der Waals surface area contributed by atoms with Gasteiger partial charge in [-0.05, 0) is 41.8 Å². The van der Waals surface area contributed by atoms with Crippen LogP contribution in [-0.4, -0.2) is 32.0 Å². The zero-order valence-corrected chi connectivity index (χ0v) is 16.5. The van der Waals surface area contributed by atoms with Crippen molar-refractivity contribution in [1.82, 2.24) is 24.9 Å². The number of amides is 1. The van der Waals surface area contributed by atoms with Gasteiger partial charge in [0.1, 0.15) is 11.4 Å². The van der Waals surface area contributed by atoms with Crippen LogP contribution in [0.15, 0.2) is 85.3 Å². The molecule has 152 valence electrons. The molecule has 0 radical (unpaired) electrons. The molecular weight excluding hydrogens is 378 g/mol. The van der Waals surface area contributed by atoms with E-state index in [4.69, 9.17) is 4.74 Å². The molecule has 30 heavy (non-hydrogen) atoms. The van der Waals surface area contributed by atoms with Crippen molar-refractivity contribution in [2.24, 2.45) is 0 Å². The van der Waals surface area contributed by atoms with Crippen LogP contribution < -0.4 is 10.1 Å². The molecule has 0 bridgehead atoms. The van der Waals surface area contributed by atoms with Crippen molar-refractivity contribution in [3.8, 4) is 16.9 Å².